The van der Waals surface area contributed by atoms with E-state index < -0.39 is 5.97 Å². The molecule has 5 rings (SSSR count). The number of nitrogens with zero attached hydrogens (tertiary/aromatic N) is 2. The van der Waals surface area contributed by atoms with Crippen molar-refractivity contribution >= 4 is 39.5 Å². The van der Waals surface area contributed by atoms with Gasteiger partial charge in [-0.1, -0.05) is 35.9 Å². The second kappa shape index (κ2) is 8.05. The normalized spacial score (nSPS) is 15.8. The molecule has 6 nitrogen and oxygen atoms in total. The first-order chi connectivity index (χ1) is 15.5. The van der Waals surface area contributed by atoms with Gasteiger partial charge in [-0.2, -0.15) is 4.98 Å². The molecular weight excluding hydrogens is 426 g/mol. The van der Waals surface area contributed by atoms with Crippen molar-refractivity contribution in [2.24, 2.45) is 13.0 Å². The summed E-state index contributed by atoms with van der Waals surface area (Å²) >= 11 is 6.60. The molecule has 1 unspecified atom stereocenters. The first-order valence-corrected chi connectivity index (χ1v) is 10.5. The third-order valence-corrected chi connectivity index (χ3v) is 5.81. The Morgan fingerprint density at radius 1 is 1.25 bits per heavy atom. The Morgan fingerprint density at radius 3 is 2.97 bits per heavy atom. The SMILES string of the molecule is Cn1ccc2cc(-c3cc4nc(OC5=CC=CC(CC(=O)O)C=C5)[nH]c4cc3Cl)ccc21. The average molecular weight is 446 g/mol. The van der Waals surface area contributed by atoms with Gasteiger partial charge < -0.3 is 19.4 Å². The van der Waals surface area contributed by atoms with Crippen LogP contribution < -0.4 is 4.74 Å². The van der Waals surface area contributed by atoms with Crippen molar-refractivity contribution in [1.82, 2.24) is 14.5 Å². The molecule has 2 N–H and O–H groups in total. The molecule has 2 aromatic heterocycles. The van der Waals surface area contributed by atoms with E-state index in [-0.39, 0.29) is 12.3 Å². The number of halogens is 1. The molecule has 0 saturated carbocycles. The molecule has 0 fully saturated rings. The lowest BCUT2D eigenvalue weighted by molar-refractivity contribution is -0.137. The highest BCUT2D eigenvalue weighted by molar-refractivity contribution is 6.34. The molecule has 0 amide bonds. The lowest BCUT2D eigenvalue weighted by Crippen LogP contribution is -2.02. The van der Waals surface area contributed by atoms with Gasteiger partial charge in [0.2, 0.25) is 0 Å². The number of fused-ring (bicyclic) bond motifs is 2. The minimum Gasteiger partial charge on any atom is -0.481 e. The van der Waals surface area contributed by atoms with Gasteiger partial charge in [-0.25, -0.2) is 0 Å². The average Bonchev–Trinajstić information content (AvgIpc) is 3.24. The van der Waals surface area contributed by atoms with Crippen LogP contribution in [0.15, 0.2) is 78.7 Å². The number of benzene rings is 2. The number of hydrogen-bond acceptors (Lipinski definition) is 3. The monoisotopic (exact) mass is 445 g/mol. The van der Waals surface area contributed by atoms with Crippen LogP contribution in [0.25, 0.3) is 33.1 Å². The molecule has 1 aliphatic carbocycles. The fourth-order valence-electron chi connectivity index (χ4n) is 3.87. The molecule has 2 heterocycles. The summed E-state index contributed by atoms with van der Waals surface area (Å²) in [6, 6.07) is 12.5. The standard InChI is InChI=1S/C25H20ClN3O3/c1-29-10-9-17-12-16(6-8-23(17)29)19-13-21-22(14-20(19)26)28-25(27-21)32-18-4-2-3-15(5-7-18)11-24(30)31/h2-10,12-15H,11H2,1H3,(H,27,28)(H,30,31). The number of aliphatic carboxylic acids is 1. The minimum atomic E-state index is -0.843. The first-order valence-electron chi connectivity index (χ1n) is 10.2. The topological polar surface area (TPSA) is 80.1 Å². The van der Waals surface area contributed by atoms with E-state index in [1.807, 2.05) is 31.5 Å². The molecule has 1 atom stereocenters. The highest BCUT2D eigenvalue weighted by Crippen LogP contribution is 2.34. The highest BCUT2D eigenvalue weighted by atomic mass is 35.5. The van der Waals surface area contributed by atoms with E-state index >= 15 is 0 Å². The predicted octanol–water partition coefficient (Wildman–Crippen LogP) is 5.85. The molecule has 7 heteroatoms. The van der Waals surface area contributed by atoms with Gasteiger partial charge in [-0.15, -0.1) is 0 Å². The highest BCUT2D eigenvalue weighted by Gasteiger charge is 2.13. The summed E-state index contributed by atoms with van der Waals surface area (Å²) in [6.07, 6.45) is 11.0. The van der Waals surface area contributed by atoms with E-state index in [0.29, 0.717) is 16.8 Å². The zero-order chi connectivity index (χ0) is 22.2. The fourth-order valence-corrected chi connectivity index (χ4v) is 4.15. The van der Waals surface area contributed by atoms with Crippen LogP contribution in [-0.4, -0.2) is 25.6 Å². The molecule has 0 saturated heterocycles. The van der Waals surface area contributed by atoms with Crippen molar-refractivity contribution in [2.75, 3.05) is 0 Å². The number of carbonyl (C=O) groups is 1. The van der Waals surface area contributed by atoms with Crippen LogP contribution in [0.5, 0.6) is 6.01 Å². The van der Waals surface area contributed by atoms with E-state index in [1.165, 1.54) is 0 Å². The molecule has 1 aliphatic rings. The number of carboxylic acids is 1. The van der Waals surface area contributed by atoms with Crippen LogP contribution in [0.4, 0.5) is 0 Å². The van der Waals surface area contributed by atoms with Crippen molar-refractivity contribution < 1.29 is 14.6 Å². The summed E-state index contributed by atoms with van der Waals surface area (Å²) in [5.74, 6) is -0.456. The molecule has 2 aromatic carbocycles. The van der Waals surface area contributed by atoms with Gasteiger partial charge in [0, 0.05) is 35.6 Å². The Morgan fingerprint density at radius 2 is 2.12 bits per heavy atom. The Labute approximate surface area is 189 Å². The van der Waals surface area contributed by atoms with E-state index in [9.17, 15) is 4.79 Å². The number of H-pyrrole nitrogens is 1. The molecule has 0 aliphatic heterocycles. The number of aromatic amines is 1. The van der Waals surface area contributed by atoms with Gasteiger partial charge in [0.05, 0.1) is 22.5 Å². The molecule has 4 aromatic rings. The number of ether oxygens (including phenoxy) is 1. The molecule has 32 heavy (non-hydrogen) atoms. The van der Waals surface area contributed by atoms with Gasteiger partial charge in [0.1, 0.15) is 5.76 Å². The Bertz CT molecular complexity index is 1440. The number of hydrogen-bond donors (Lipinski definition) is 2. The third-order valence-electron chi connectivity index (χ3n) is 5.50. The van der Waals surface area contributed by atoms with Gasteiger partial charge in [-0.3, -0.25) is 4.79 Å². The molecule has 160 valence electrons. The Hall–Kier alpha value is -3.77. The summed E-state index contributed by atoms with van der Waals surface area (Å²) < 4.78 is 7.96. The van der Waals surface area contributed by atoms with Crippen molar-refractivity contribution in [3.05, 3.63) is 83.8 Å². The molecule has 0 bridgehead atoms. The number of aryl methyl sites for hydroxylation is 1. The van der Waals surface area contributed by atoms with Gasteiger partial charge in [0.25, 0.3) is 6.01 Å². The van der Waals surface area contributed by atoms with E-state index in [1.54, 1.807) is 24.3 Å². The van der Waals surface area contributed by atoms with Crippen LogP contribution in [-0.2, 0) is 11.8 Å². The third kappa shape index (κ3) is 3.92. The van der Waals surface area contributed by atoms with Crippen LogP contribution in [0, 0.1) is 5.92 Å². The summed E-state index contributed by atoms with van der Waals surface area (Å²) in [6.45, 7) is 0. The summed E-state index contributed by atoms with van der Waals surface area (Å²) in [5, 5.41) is 10.7. The largest absolute Gasteiger partial charge is 0.481 e. The maximum absolute atomic E-state index is 10.9. The number of carboxylic acid groups (broad SMARTS) is 1. The molecule has 0 spiro atoms. The van der Waals surface area contributed by atoms with Crippen molar-refractivity contribution in [3.8, 4) is 17.1 Å². The molecule has 0 radical (unpaired) electrons. The number of rotatable bonds is 5. The number of nitrogens with one attached hydrogen (secondary N) is 1. The number of allylic oxidation sites excluding steroid dienone is 5. The van der Waals surface area contributed by atoms with Crippen molar-refractivity contribution in [2.45, 2.75) is 6.42 Å². The zero-order valence-corrected chi connectivity index (χ0v) is 18.0. The smallest absolute Gasteiger partial charge is 0.304 e. The van der Waals surface area contributed by atoms with Crippen molar-refractivity contribution in [3.63, 3.8) is 0 Å². The predicted molar refractivity (Wildman–Crippen MR) is 126 cm³/mol. The van der Waals surface area contributed by atoms with E-state index in [0.717, 1.165) is 33.1 Å². The van der Waals surface area contributed by atoms with Gasteiger partial charge in [0.15, 0.2) is 0 Å². The fraction of sp³-hybridized carbons (Fsp3) is 0.120. The molecular formula is C25H20ClN3O3. The lowest BCUT2D eigenvalue weighted by Gasteiger charge is -2.06. The minimum absolute atomic E-state index is 0.0365. The van der Waals surface area contributed by atoms with Crippen LogP contribution in [0.3, 0.4) is 0 Å². The summed E-state index contributed by atoms with van der Waals surface area (Å²) in [4.78, 5) is 18.6. The van der Waals surface area contributed by atoms with E-state index in [2.05, 4.69) is 38.8 Å². The Kier molecular flexibility index (Phi) is 5.07. The van der Waals surface area contributed by atoms with Gasteiger partial charge in [-0.05, 0) is 48.0 Å². The summed E-state index contributed by atoms with van der Waals surface area (Å²) in [5.41, 5.74) is 4.59. The van der Waals surface area contributed by atoms with Crippen LogP contribution in [0.1, 0.15) is 6.42 Å². The zero-order valence-electron chi connectivity index (χ0n) is 17.2. The number of imidazole rings is 1. The summed E-state index contributed by atoms with van der Waals surface area (Å²) in [7, 11) is 2.02. The second-order valence-electron chi connectivity index (χ2n) is 7.77. The quantitative estimate of drug-likeness (QED) is 0.403. The van der Waals surface area contributed by atoms with Crippen LogP contribution in [0.2, 0.25) is 5.02 Å². The number of aromatic nitrogens is 3. The lowest BCUT2D eigenvalue weighted by atomic mass is 10.0. The first kappa shape index (κ1) is 20.2. The maximum atomic E-state index is 10.9. The Balaban J connectivity index is 1.43. The van der Waals surface area contributed by atoms with Crippen LogP contribution >= 0.6 is 11.6 Å². The second-order valence-corrected chi connectivity index (χ2v) is 8.18. The van der Waals surface area contributed by atoms with Gasteiger partial charge >= 0.3 is 5.97 Å². The van der Waals surface area contributed by atoms with Crippen molar-refractivity contribution in [1.29, 1.82) is 0 Å². The maximum Gasteiger partial charge on any atom is 0.304 e. The van der Waals surface area contributed by atoms with E-state index in [4.69, 9.17) is 21.4 Å².